The molecular weight excluding hydrogens is 258 g/mol. The maximum Gasteiger partial charge on any atom is 0.308 e. The molecule has 20 heavy (non-hydrogen) atoms. The summed E-state index contributed by atoms with van der Waals surface area (Å²) in [5.74, 6) is 1.44. The van der Waals surface area contributed by atoms with Crippen molar-refractivity contribution in [3.05, 3.63) is 23.7 Å². The third-order valence-electron chi connectivity index (χ3n) is 3.79. The third-order valence-corrected chi connectivity index (χ3v) is 3.79. The Labute approximate surface area is 119 Å². The van der Waals surface area contributed by atoms with Crippen LogP contribution in [0.5, 0.6) is 0 Å². The molecule has 2 N–H and O–H groups in total. The Morgan fingerprint density at radius 1 is 1.35 bits per heavy atom. The zero-order valence-electron chi connectivity index (χ0n) is 11.9. The Kier molecular flexibility index (Phi) is 5.61. The van der Waals surface area contributed by atoms with E-state index in [9.17, 15) is 4.79 Å². The smallest absolute Gasteiger partial charge is 0.308 e. The average Bonchev–Trinajstić information content (AvgIpc) is 2.94. The van der Waals surface area contributed by atoms with Gasteiger partial charge in [-0.25, -0.2) is 0 Å². The van der Waals surface area contributed by atoms with Crippen molar-refractivity contribution in [1.82, 2.24) is 5.32 Å². The van der Waals surface area contributed by atoms with Gasteiger partial charge in [0.15, 0.2) is 0 Å². The summed E-state index contributed by atoms with van der Waals surface area (Å²) in [6, 6.07) is 4.08. The van der Waals surface area contributed by atoms with Crippen LogP contribution in [0.15, 0.2) is 16.5 Å². The van der Waals surface area contributed by atoms with Gasteiger partial charge in [0, 0.05) is 6.04 Å². The minimum Gasteiger partial charge on any atom is -0.466 e. The Morgan fingerprint density at radius 3 is 2.65 bits per heavy atom. The van der Waals surface area contributed by atoms with Crippen LogP contribution in [0.1, 0.15) is 44.1 Å². The highest BCUT2D eigenvalue weighted by Gasteiger charge is 2.26. The summed E-state index contributed by atoms with van der Waals surface area (Å²) in [4.78, 5) is 11.6. The fourth-order valence-corrected chi connectivity index (χ4v) is 2.64. The molecule has 112 valence electrons. The molecule has 0 bridgehead atoms. The molecule has 5 nitrogen and oxygen atoms in total. The standard InChI is InChI=1S/C15H23NO4/c1-2-19-15(18)11-3-5-12(6-4-11)16-9-13-7-8-14(10-17)20-13/h7-8,11-12,16-17H,2-6,9-10H2,1H3. The molecule has 1 aromatic rings. The summed E-state index contributed by atoms with van der Waals surface area (Å²) in [6.45, 7) is 2.90. The summed E-state index contributed by atoms with van der Waals surface area (Å²) in [5, 5.41) is 12.4. The largest absolute Gasteiger partial charge is 0.466 e. The molecule has 1 heterocycles. The monoisotopic (exact) mass is 281 g/mol. The molecule has 0 aliphatic heterocycles. The lowest BCUT2D eigenvalue weighted by atomic mass is 9.86. The van der Waals surface area contributed by atoms with Gasteiger partial charge in [0.05, 0.1) is 19.1 Å². The predicted molar refractivity (Wildman–Crippen MR) is 73.8 cm³/mol. The molecule has 0 unspecified atom stereocenters. The fourth-order valence-electron chi connectivity index (χ4n) is 2.64. The van der Waals surface area contributed by atoms with Gasteiger partial charge in [-0.3, -0.25) is 4.79 Å². The van der Waals surface area contributed by atoms with Crippen LogP contribution >= 0.6 is 0 Å². The average molecular weight is 281 g/mol. The van der Waals surface area contributed by atoms with E-state index in [0.29, 0.717) is 25.0 Å². The second kappa shape index (κ2) is 7.45. The number of nitrogens with one attached hydrogen (secondary N) is 1. The van der Waals surface area contributed by atoms with Crippen molar-refractivity contribution in [1.29, 1.82) is 0 Å². The summed E-state index contributed by atoms with van der Waals surface area (Å²) in [6.07, 6.45) is 3.74. The number of aliphatic hydroxyl groups excluding tert-OH is 1. The van der Waals surface area contributed by atoms with Crippen molar-refractivity contribution in [2.75, 3.05) is 6.61 Å². The summed E-state index contributed by atoms with van der Waals surface area (Å²) >= 11 is 0. The predicted octanol–water partition coefficient (Wildman–Crippen LogP) is 1.98. The molecule has 0 saturated heterocycles. The van der Waals surface area contributed by atoms with E-state index in [-0.39, 0.29) is 18.5 Å². The van der Waals surface area contributed by atoms with E-state index in [2.05, 4.69) is 5.32 Å². The number of hydrogen-bond donors (Lipinski definition) is 2. The maximum atomic E-state index is 11.6. The van der Waals surface area contributed by atoms with Gasteiger partial charge >= 0.3 is 5.97 Å². The van der Waals surface area contributed by atoms with Crippen molar-refractivity contribution in [2.45, 2.75) is 51.8 Å². The van der Waals surface area contributed by atoms with Gasteiger partial charge in [-0.05, 0) is 44.7 Å². The summed E-state index contributed by atoms with van der Waals surface area (Å²) in [7, 11) is 0. The van der Waals surface area contributed by atoms with Crippen LogP contribution in [-0.4, -0.2) is 23.7 Å². The first kappa shape index (κ1) is 15.1. The first-order chi connectivity index (χ1) is 9.72. The molecule has 1 aromatic heterocycles. The van der Waals surface area contributed by atoms with Crippen LogP contribution in [0.3, 0.4) is 0 Å². The zero-order valence-corrected chi connectivity index (χ0v) is 11.9. The summed E-state index contributed by atoms with van der Waals surface area (Å²) < 4.78 is 10.5. The number of hydrogen-bond acceptors (Lipinski definition) is 5. The van der Waals surface area contributed by atoms with Crippen molar-refractivity contribution in [2.24, 2.45) is 5.92 Å². The molecule has 0 amide bonds. The highest BCUT2D eigenvalue weighted by Crippen LogP contribution is 2.25. The number of furan rings is 1. The number of ether oxygens (including phenoxy) is 1. The van der Waals surface area contributed by atoms with Crippen molar-refractivity contribution in [3.8, 4) is 0 Å². The first-order valence-corrected chi connectivity index (χ1v) is 7.31. The quantitative estimate of drug-likeness (QED) is 0.780. The van der Waals surface area contributed by atoms with Crippen molar-refractivity contribution < 1.29 is 19.1 Å². The van der Waals surface area contributed by atoms with E-state index in [0.717, 1.165) is 31.4 Å². The molecule has 1 saturated carbocycles. The zero-order chi connectivity index (χ0) is 14.4. The molecule has 0 aromatic carbocycles. The molecule has 0 radical (unpaired) electrons. The van der Waals surface area contributed by atoms with Gasteiger partial charge < -0.3 is 19.6 Å². The highest BCUT2D eigenvalue weighted by molar-refractivity contribution is 5.72. The van der Waals surface area contributed by atoms with Crippen LogP contribution < -0.4 is 5.32 Å². The van der Waals surface area contributed by atoms with Gasteiger partial charge in [-0.1, -0.05) is 0 Å². The molecule has 1 aliphatic carbocycles. The minimum absolute atomic E-state index is 0.0513. The molecular formula is C15H23NO4. The second-order valence-electron chi connectivity index (χ2n) is 5.21. The van der Waals surface area contributed by atoms with E-state index in [1.165, 1.54) is 0 Å². The van der Waals surface area contributed by atoms with Gasteiger partial charge in [0.25, 0.3) is 0 Å². The van der Waals surface area contributed by atoms with Crippen LogP contribution in [0.2, 0.25) is 0 Å². The van der Waals surface area contributed by atoms with Gasteiger partial charge in [0.1, 0.15) is 18.1 Å². The lowest BCUT2D eigenvalue weighted by Gasteiger charge is -2.27. The molecule has 5 heteroatoms. The highest BCUT2D eigenvalue weighted by atomic mass is 16.5. The van der Waals surface area contributed by atoms with Crippen LogP contribution in [0, 0.1) is 5.92 Å². The SMILES string of the molecule is CCOC(=O)C1CCC(NCc2ccc(CO)o2)CC1. The number of esters is 1. The Bertz CT molecular complexity index is 421. The third kappa shape index (κ3) is 4.08. The number of carbonyl (C=O) groups is 1. The van der Waals surface area contributed by atoms with E-state index in [1.807, 2.05) is 13.0 Å². The van der Waals surface area contributed by atoms with Gasteiger partial charge in [-0.15, -0.1) is 0 Å². The molecule has 1 aliphatic rings. The second-order valence-corrected chi connectivity index (χ2v) is 5.21. The molecule has 2 rings (SSSR count). The van der Waals surface area contributed by atoms with E-state index < -0.39 is 0 Å². The normalized spacial score (nSPS) is 22.7. The lowest BCUT2D eigenvalue weighted by Crippen LogP contribution is -2.35. The fraction of sp³-hybridized carbons (Fsp3) is 0.667. The topological polar surface area (TPSA) is 71.7 Å². The van der Waals surface area contributed by atoms with Crippen LogP contribution in [0.4, 0.5) is 0 Å². The van der Waals surface area contributed by atoms with Crippen LogP contribution in [-0.2, 0) is 22.7 Å². The Hall–Kier alpha value is -1.33. The van der Waals surface area contributed by atoms with Crippen LogP contribution in [0.25, 0.3) is 0 Å². The molecule has 1 fully saturated rings. The van der Waals surface area contributed by atoms with Gasteiger partial charge in [0.2, 0.25) is 0 Å². The number of carbonyl (C=O) groups excluding carboxylic acids is 1. The van der Waals surface area contributed by atoms with Crippen molar-refractivity contribution >= 4 is 5.97 Å². The Balaban J connectivity index is 1.70. The molecule has 0 atom stereocenters. The first-order valence-electron chi connectivity index (χ1n) is 7.31. The van der Waals surface area contributed by atoms with E-state index >= 15 is 0 Å². The maximum absolute atomic E-state index is 11.6. The number of aliphatic hydroxyl groups is 1. The summed E-state index contributed by atoms with van der Waals surface area (Å²) in [5.41, 5.74) is 0. The Morgan fingerprint density at radius 2 is 2.05 bits per heavy atom. The van der Waals surface area contributed by atoms with E-state index in [4.69, 9.17) is 14.3 Å². The lowest BCUT2D eigenvalue weighted by molar-refractivity contribution is -0.149. The van der Waals surface area contributed by atoms with E-state index in [1.54, 1.807) is 6.07 Å². The van der Waals surface area contributed by atoms with Crippen molar-refractivity contribution in [3.63, 3.8) is 0 Å². The van der Waals surface area contributed by atoms with Gasteiger partial charge in [-0.2, -0.15) is 0 Å². The number of rotatable bonds is 6. The molecule has 0 spiro atoms. The minimum atomic E-state index is -0.0648.